The molecule has 2 aliphatic carbocycles. The van der Waals surface area contributed by atoms with E-state index >= 15 is 0 Å². The van der Waals surface area contributed by atoms with Gasteiger partial charge in [-0.3, -0.25) is 0 Å². The molecule has 2 fully saturated rings. The van der Waals surface area contributed by atoms with Crippen molar-refractivity contribution < 1.29 is 0 Å². The summed E-state index contributed by atoms with van der Waals surface area (Å²) >= 11 is 3.54. The molecule has 0 radical (unpaired) electrons. The minimum atomic E-state index is 0.739. The quantitative estimate of drug-likeness (QED) is 0.730. The highest BCUT2D eigenvalue weighted by Gasteiger charge is 2.39. The fourth-order valence-electron chi connectivity index (χ4n) is 3.53. The first kappa shape index (κ1) is 11.9. The molecule has 0 spiro atoms. The second kappa shape index (κ2) is 5.67. The molecule has 2 saturated carbocycles. The zero-order valence-corrected chi connectivity index (χ0v) is 11.4. The van der Waals surface area contributed by atoms with Gasteiger partial charge in [0.1, 0.15) is 0 Å². The summed E-state index contributed by atoms with van der Waals surface area (Å²) in [5.41, 5.74) is 0. The molecular formula is C13H24BrN. The van der Waals surface area contributed by atoms with E-state index < -0.39 is 0 Å². The van der Waals surface area contributed by atoms with Crippen molar-refractivity contribution in [3.63, 3.8) is 0 Å². The second-order valence-electron chi connectivity index (χ2n) is 5.43. The van der Waals surface area contributed by atoms with Crippen molar-refractivity contribution in [1.29, 1.82) is 0 Å². The standard InChI is InChI=1S/C13H24BrN/c1-2-13(5-6-14)15-9-12-8-10-3-4-11(12)7-10/h10-13,15H,2-9H2,1H3. The lowest BCUT2D eigenvalue weighted by molar-refractivity contribution is 0.302. The Kier molecular flexibility index (Phi) is 4.51. The Morgan fingerprint density at radius 1 is 1.33 bits per heavy atom. The molecule has 15 heavy (non-hydrogen) atoms. The Hall–Kier alpha value is 0.440. The van der Waals surface area contributed by atoms with Crippen LogP contribution in [0.4, 0.5) is 0 Å². The number of nitrogens with one attached hydrogen (secondary N) is 1. The molecule has 2 heteroatoms. The molecule has 0 aromatic rings. The van der Waals surface area contributed by atoms with Crippen molar-refractivity contribution in [2.24, 2.45) is 17.8 Å². The summed E-state index contributed by atoms with van der Waals surface area (Å²) in [6.07, 6.45) is 8.65. The zero-order chi connectivity index (χ0) is 10.7. The van der Waals surface area contributed by atoms with Gasteiger partial charge in [0.05, 0.1) is 0 Å². The van der Waals surface area contributed by atoms with Crippen LogP contribution in [0, 0.1) is 17.8 Å². The summed E-state index contributed by atoms with van der Waals surface area (Å²) in [7, 11) is 0. The van der Waals surface area contributed by atoms with E-state index in [-0.39, 0.29) is 0 Å². The van der Waals surface area contributed by atoms with Crippen LogP contribution < -0.4 is 5.32 Å². The van der Waals surface area contributed by atoms with Crippen LogP contribution in [0.25, 0.3) is 0 Å². The van der Waals surface area contributed by atoms with Gasteiger partial charge in [0, 0.05) is 11.4 Å². The summed E-state index contributed by atoms with van der Waals surface area (Å²) in [6, 6.07) is 0.739. The van der Waals surface area contributed by atoms with Crippen molar-refractivity contribution in [2.75, 3.05) is 11.9 Å². The second-order valence-corrected chi connectivity index (χ2v) is 6.22. The predicted octanol–water partition coefficient (Wildman–Crippen LogP) is 3.58. The fraction of sp³-hybridized carbons (Fsp3) is 1.00. The molecule has 2 rings (SSSR count). The van der Waals surface area contributed by atoms with Crippen LogP contribution in [-0.4, -0.2) is 17.9 Å². The molecule has 2 aliphatic rings. The maximum atomic E-state index is 3.77. The van der Waals surface area contributed by atoms with Crippen LogP contribution in [0.5, 0.6) is 0 Å². The third-order valence-corrected chi connectivity index (χ3v) is 4.96. The number of halogens is 1. The van der Waals surface area contributed by atoms with Crippen molar-refractivity contribution in [3.05, 3.63) is 0 Å². The largest absolute Gasteiger partial charge is 0.314 e. The first-order chi connectivity index (χ1) is 7.33. The van der Waals surface area contributed by atoms with Crippen LogP contribution in [0.2, 0.25) is 0 Å². The molecule has 88 valence electrons. The third-order valence-electron chi connectivity index (χ3n) is 4.50. The Morgan fingerprint density at radius 3 is 2.73 bits per heavy atom. The van der Waals surface area contributed by atoms with Crippen molar-refractivity contribution in [2.45, 2.75) is 51.5 Å². The normalized spacial score (nSPS) is 36.0. The lowest BCUT2D eigenvalue weighted by Crippen LogP contribution is -2.34. The highest BCUT2D eigenvalue weighted by molar-refractivity contribution is 9.09. The summed E-state index contributed by atoms with van der Waals surface area (Å²) in [5.74, 6) is 3.18. The van der Waals surface area contributed by atoms with E-state index in [1.54, 1.807) is 6.42 Å². The molecule has 0 aromatic heterocycles. The highest BCUT2D eigenvalue weighted by atomic mass is 79.9. The minimum absolute atomic E-state index is 0.739. The molecule has 1 nitrogen and oxygen atoms in total. The van der Waals surface area contributed by atoms with Crippen molar-refractivity contribution >= 4 is 15.9 Å². The van der Waals surface area contributed by atoms with Gasteiger partial charge < -0.3 is 5.32 Å². The average Bonchev–Trinajstić information content (AvgIpc) is 2.85. The smallest absolute Gasteiger partial charge is 0.00725 e. The number of alkyl halides is 1. The van der Waals surface area contributed by atoms with Gasteiger partial charge >= 0.3 is 0 Å². The van der Waals surface area contributed by atoms with Crippen LogP contribution in [0.1, 0.15) is 45.4 Å². The van der Waals surface area contributed by atoms with E-state index in [0.717, 1.165) is 29.1 Å². The molecule has 0 amide bonds. The van der Waals surface area contributed by atoms with Crippen LogP contribution in [-0.2, 0) is 0 Å². The van der Waals surface area contributed by atoms with Crippen molar-refractivity contribution in [3.8, 4) is 0 Å². The first-order valence-corrected chi connectivity index (χ1v) is 7.75. The Morgan fingerprint density at radius 2 is 2.20 bits per heavy atom. The third kappa shape index (κ3) is 2.97. The monoisotopic (exact) mass is 273 g/mol. The van der Waals surface area contributed by atoms with Gasteiger partial charge in [-0.15, -0.1) is 0 Å². The van der Waals surface area contributed by atoms with Gasteiger partial charge in [0.25, 0.3) is 0 Å². The Bertz CT molecular complexity index is 195. The summed E-state index contributed by atoms with van der Waals surface area (Å²) < 4.78 is 0. The number of hydrogen-bond donors (Lipinski definition) is 1. The molecule has 2 bridgehead atoms. The molecule has 0 saturated heterocycles. The molecular weight excluding hydrogens is 250 g/mol. The number of rotatable bonds is 6. The van der Waals surface area contributed by atoms with E-state index in [4.69, 9.17) is 0 Å². The highest BCUT2D eigenvalue weighted by Crippen LogP contribution is 2.47. The number of hydrogen-bond acceptors (Lipinski definition) is 1. The van der Waals surface area contributed by atoms with Gasteiger partial charge in [-0.2, -0.15) is 0 Å². The molecule has 4 atom stereocenters. The lowest BCUT2D eigenvalue weighted by atomic mass is 9.88. The van der Waals surface area contributed by atoms with Gasteiger partial charge in [0.2, 0.25) is 0 Å². The van der Waals surface area contributed by atoms with Crippen LogP contribution in [0.3, 0.4) is 0 Å². The zero-order valence-electron chi connectivity index (χ0n) is 9.84. The van der Waals surface area contributed by atoms with E-state index in [2.05, 4.69) is 28.2 Å². The number of fused-ring (bicyclic) bond motifs is 2. The van der Waals surface area contributed by atoms with E-state index in [1.807, 2.05) is 0 Å². The Labute approximate surface area is 103 Å². The average molecular weight is 274 g/mol. The maximum Gasteiger partial charge on any atom is 0.00725 e. The van der Waals surface area contributed by atoms with Crippen LogP contribution >= 0.6 is 15.9 Å². The Balaban J connectivity index is 1.69. The van der Waals surface area contributed by atoms with E-state index in [0.29, 0.717) is 0 Å². The maximum absolute atomic E-state index is 3.77. The van der Waals surface area contributed by atoms with E-state index in [9.17, 15) is 0 Å². The van der Waals surface area contributed by atoms with Crippen molar-refractivity contribution in [1.82, 2.24) is 5.32 Å². The SMILES string of the molecule is CCC(CCBr)NCC1CC2CCC1C2. The predicted molar refractivity (Wildman–Crippen MR) is 69.4 cm³/mol. The topological polar surface area (TPSA) is 12.0 Å². The van der Waals surface area contributed by atoms with Gasteiger partial charge in [0.15, 0.2) is 0 Å². The van der Waals surface area contributed by atoms with E-state index in [1.165, 1.54) is 38.6 Å². The van der Waals surface area contributed by atoms with Gasteiger partial charge in [-0.1, -0.05) is 29.3 Å². The molecule has 0 heterocycles. The first-order valence-electron chi connectivity index (χ1n) is 6.62. The van der Waals surface area contributed by atoms with Gasteiger partial charge in [-0.05, 0) is 56.4 Å². The molecule has 0 aliphatic heterocycles. The van der Waals surface area contributed by atoms with Gasteiger partial charge in [-0.25, -0.2) is 0 Å². The fourth-order valence-corrected chi connectivity index (χ4v) is 4.08. The molecule has 0 aromatic carbocycles. The molecule has 4 unspecified atom stereocenters. The minimum Gasteiger partial charge on any atom is -0.314 e. The van der Waals surface area contributed by atoms with Crippen LogP contribution in [0.15, 0.2) is 0 Å². The summed E-state index contributed by atoms with van der Waals surface area (Å²) in [5, 5.41) is 4.90. The molecule has 1 N–H and O–H groups in total. The summed E-state index contributed by atoms with van der Waals surface area (Å²) in [4.78, 5) is 0. The lowest BCUT2D eigenvalue weighted by Gasteiger charge is -2.25. The summed E-state index contributed by atoms with van der Waals surface area (Å²) in [6.45, 7) is 3.58.